The van der Waals surface area contributed by atoms with Crippen LogP contribution in [0.25, 0.3) is 21.8 Å². The SMILES string of the molecule is NC(=O)c1cccc2c1c1[c]cccc1n2Cc1ccccc1I. The minimum absolute atomic E-state index is 0.411. The number of halogens is 1. The fraction of sp³-hybridized carbons (Fsp3) is 0.0500. The molecule has 4 heteroatoms. The third-order valence-electron chi connectivity index (χ3n) is 4.26. The molecule has 3 aromatic carbocycles. The van der Waals surface area contributed by atoms with Crippen molar-refractivity contribution in [3.8, 4) is 0 Å². The van der Waals surface area contributed by atoms with Crippen LogP contribution in [-0.2, 0) is 6.54 Å². The molecule has 0 saturated heterocycles. The van der Waals surface area contributed by atoms with E-state index in [0.29, 0.717) is 5.56 Å². The van der Waals surface area contributed by atoms with Gasteiger partial charge in [-0.15, -0.1) is 0 Å². The standard InChI is InChI=1S/C20H14IN2O/c21-16-9-3-1-6-13(16)12-23-17-10-4-2-7-14(17)19-15(20(22)24)8-5-11-18(19)23/h1-6,8-11H,12H2,(H2,22,24). The van der Waals surface area contributed by atoms with Crippen molar-refractivity contribution in [1.82, 2.24) is 4.57 Å². The van der Waals surface area contributed by atoms with Crippen molar-refractivity contribution in [2.24, 2.45) is 5.73 Å². The predicted molar refractivity (Wildman–Crippen MR) is 105 cm³/mol. The number of rotatable bonds is 3. The first-order valence-corrected chi connectivity index (χ1v) is 8.69. The Morgan fingerprint density at radius 2 is 1.83 bits per heavy atom. The molecule has 1 amide bonds. The Hall–Kier alpha value is -2.34. The zero-order valence-corrected chi connectivity index (χ0v) is 14.9. The summed E-state index contributed by atoms with van der Waals surface area (Å²) in [6.45, 7) is 0.735. The molecule has 0 bridgehead atoms. The van der Waals surface area contributed by atoms with Crippen molar-refractivity contribution in [2.75, 3.05) is 0 Å². The number of carbonyl (C=O) groups excluding carboxylic acids is 1. The number of carbonyl (C=O) groups is 1. The highest BCUT2D eigenvalue weighted by Crippen LogP contribution is 2.32. The van der Waals surface area contributed by atoms with Crippen LogP contribution < -0.4 is 5.73 Å². The third kappa shape index (κ3) is 2.38. The van der Waals surface area contributed by atoms with E-state index in [1.807, 2.05) is 36.4 Å². The molecule has 3 nitrogen and oxygen atoms in total. The smallest absolute Gasteiger partial charge is 0.249 e. The van der Waals surface area contributed by atoms with Crippen molar-refractivity contribution in [2.45, 2.75) is 6.54 Å². The first-order valence-electron chi connectivity index (χ1n) is 7.61. The van der Waals surface area contributed by atoms with Crippen LogP contribution in [0.2, 0.25) is 0 Å². The lowest BCUT2D eigenvalue weighted by Gasteiger charge is -2.09. The minimum Gasteiger partial charge on any atom is -0.366 e. The second-order valence-electron chi connectivity index (χ2n) is 5.67. The molecule has 0 fully saturated rings. The van der Waals surface area contributed by atoms with E-state index in [9.17, 15) is 4.79 Å². The van der Waals surface area contributed by atoms with Crippen molar-refractivity contribution in [3.05, 3.63) is 81.4 Å². The van der Waals surface area contributed by atoms with Gasteiger partial charge in [0.05, 0.1) is 11.0 Å². The summed E-state index contributed by atoms with van der Waals surface area (Å²) in [5.41, 5.74) is 9.44. The number of hydrogen-bond acceptors (Lipinski definition) is 1. The van der Waals surface area contributed by atoms with Gasteiger partial charge >= 0.3 is 0 Å². The lowest BCUT2D eigenvalue weighted by Crippen LogP contribution is -2.11. The molecule has 2 N–H and O–H groups in total. The molecule has 24 heavy (non-hydrogen) atoms. The van der Waals surface area contributed by atoms with Crippen LogP contribution in [0.1, 0.15) is 15.9 Å². The van der Waals surface area contributed by atoms with Gasteiger partial charge in [-0.25, -0.2) is 0 Å². The number of amides is 1. The molecule has 0 aliphatic rings. The molecule has 117 valence electrons. The lowest BCUT2D eigenvalue weighted by atomic mass is 10.1. The van der Waals surface area contributed by atoms with Crippen LogP contribution in [0, 0.1) is 9.64 Å². The number of aromatic nitrogens is 1. The van der Waals surface area contributed by atoms with Crippen LogP contribution in [0.5, 0.6) is 0 Å². The average molecular weight is 425 g/mol. The van der Waals surface area contributed by atoms with Crippen LogP contribution in [0.15, 0.2) is 60.7 Å². The largest absolute Gasteiger partial charge is 0.366 e. The molecule has 0 spiro atoms. The van der Waals surface area contributed by atoms with E-state index in [0.717, 1.165) is 28.4 Å². The highest BCUT2D eigenvalue weighted by Gasteiger charge is 2.16. The molecular weight excluding hydrogens is 411 g/mol. The van der Waals surface area contributed by atoms with Gasteiger partial charge in [0.1, 0.15) is 0 Å². The summed E-state index contributed by atoms with van der Waals surface area (Å²) >= 11 is 2.35. The molecule has 0 atom stereocenters. The summed E-state index contributed by atoms with van der Waals surface area (Å²) in [5, 5.41) is 1.82. The maximum absolute atomic E-state index is 11.9. The Balaban J connectivity index is 2.06. The molecule has 0 aliphatic heterocycles. The molecule has 0 saturated carbocycles. The highest BCUT2D eigenvalue weighted by atomic mass is 127. The van der Waals surface area contributed by atoms with Gasteiger partial charge in [-0.3, -0.25) is 4.79 Å². The van der Waals surface area contributed by atoms with Crippen LogP contribution in [0.3, 0.4) is 0 Å². The van der Waals surface area contributed by atoms with Gasteiger partial charge in [0.15, 0.2) is 0 Å². The normalized spacial score (nSPS) is 11.2. The fourth-order valence-electron chi connectivity index (χ4n) is 3.18. The van der Waals surface area contributed by atoms with Crippen molar-refractivity contribution < 1.29 is 4.79 Å². The molecule has 0 aliphatic carbocycles. The Bertz CT molecular complexity index is 1080. The van der Waals surface area contributed by atoms with Crippen LogP contribution in [0.4, 0.5) is 0 Å². The van der Waals surface area contributed by atoms with Crippen LogP contribution >= 0.6 is 22.6 Å². The Morgan fingerprint density at radius 1 is 1.04 bits per heavy atom. The summed E-state index contributed by atoms with van der Waals surface area (Å²) in [5.74, 6) is -0.411. The zero-order chi connectivity index (χ0) is 16.7. The number of hydrogen-bond donors (Lipinski definition) is 1. The average Bonchev–Trinajstić information content (AvgIpc) is 2.91. The van der Waals surface area contributed by atoms with Crippen LogP contribution in [-0.4, -0.2) is 10.5 Å². The number of fused-ring (bicyclic) bond motifs is 3. The topological polar surface area (TPSA) is 48.0 Å². The summed E-state index contributed by atoms with van der Waals surface area (Å²) in [7, 11) is 0. The van der Waals surface area contributed by atoms with Crippen molar-refractivity contribution in [3.63, 3.8) is 0 Å². The Morgan fingerprint density at radius 3 is 2.62 bits per heavy atom. The molecule has 4 aromatic rings. The van der Waals surface area contributed by atoms with E-state index in [4.69, 9.17) is 5.73 Å². The van der Waals surface area contributed by atoms with Gasteiger partial charge in [0.2, 0.25) is 5.91 Å². The first kappa shape index (κ1) is 15.2. The summed E-state index contributed by atoms with van der Waals surface area (Å²) < 4.78 is 3.45. The van der Waals surface area contributed by atoms with Gasteiger partial charge in [0, 0.05) is 26.5 Å². The summed E-state index contributed by atoms with van der Waals surface area (Å²) in [6.07, 6.45) is 0. The molecule has 1 aromatic heterocycles. The number of primary amides is 1. The minimum atomic E-state index is -0.411. The molecule has 4 rings (SSSR count). The van der Waals surface area contributed by atoms with E-state index >= 15 is 0 Å². The monoisotopic (exact) mass is 425 g/mol. The molecule has 0 unspecified atom stereocenters. The van der Waals surface area contributed by atoms with E-state index in [1.54, 1.807) is 6.07 Å². The molecular formula is C20H14IN2O. The summed E-state index contributed by atoms with van der Waals surface area (Å²) in [6, 6.07) is 23.2. The lowest BCUT2D eigenvalue weighted by molar-refractivity contribution is 0.100. The number of nitrogens with two attached hydrogens (primary N) is 1. The van der Waals surface area contributed by atoms with Gasteiger partial charge < -0.3 is 10.3 Å². The van der Waals surface area contributed by atoms with Crippen molar-refractivity contribution >= 4 is 50.3 Å². The maximum atomic E-state index is 11.9. The number of nitrogens with zero attached hydrogens (tertiary/aromatic N) is 1. The van der Waals surface area contributed by atoms with E-state index < -0.39 is 5.91 Å². The highest BCUT2D eigenvalue weighted by molar-refractivity contribution is 14.1. The third-order valence-corrected chi connectivity index (χ3v) is 5.31. The van der Waals surface area contributed by atoms with E-state index in [2.05, 4.69) is 51.4 Å². The van der Waals surface area contributed by atoms with Gasteiger partial charge in [-0.2, -0.15) is 0 Å². The quantitative estimate of drug-likeness (QED) is 0.488. The van der Waals surface area contributed by atoms with Gasteiger partial charge in [-0.1, -0.05) is 36.4 Å². The first-order chi connectivity index (χ1) is 11.7. The number of benzene rings is 3. The van der Waals surface area contributed by atoms with Crippen molar-refractivity contribution in [1.29, 1.82) is 0 Å². The van der Waals surface area contributed by atoms with Gasteiger partial charge in [-0.05, 0) is 58.5 Å². The Kier molecular flexibility index (Phi) is 3.76. The Labute approximate surface area is 153 Å². The zero-order valence-electron chi connectivity index (χ0n) is 12.8. The fourth-order valence-corrected chi connectivity index (χ4v) is 3.74. The maximum Gasteiger partial charge on any atom is 0.249 e. The second kappa shape index (κ2) is 5.94. The van der Waals surface area contributed by atoms with E-state index in [-0.39, 0.29) is 0 Å². The molecule has 1 radical (unpaired) electrons. The van der Waals surface area contributed by atoms with Gasteiger partial charge in [0.25, 0.3) is 0 Å². The molecule has 1 heterocycles. The van der Waals surface area contributed by atoms with E-state index in [1.165, 1.54) is 9.13 Å². The second-order valence-corrected chi connectivity index (χ2v) is 6.83. The summed E-state index contributed by atoms with van der Waals surface area (Å²) in [4.78, 5) is 11.9. The predicted octanol–water partition coefficient (Wildman–Crippen LogP) is 4.35.